The maximum absolute atomic E-state index is 10.5. The standard InChI is InChI=1S/C11H24OSi/c1-7-9-10(3)11(12,8-2)13(4,5)6/h8,10,12H,2,7,9H2,1,3-6H3. The van der Waals surface area contributed by atoms with Gasteiger partial charge in [-0.15, -0.1) is 6.58 Å². The molecule has 0 aliphatic rings. The van der Waals surface area contributed by atoms with Gasteiger partial charge in [0.15, 0.2) is 0 Å². The quantitative estimate of drug-likeness (QED) is 0.534. The Hall–Kier alpha value is -0.0831. The molecule has 78 valence electrons. The molecule has 1 nitrogen and oxygen atoms in total. The van der Waals surface area contributed by atoms with Gasteiger partial charge in [0.1, 0.15) is 0 Å². The maximum Gasteiger partial charge on any atom is 0.0873 e. The highest BCUT2D eigenvalue weighted by Gasteiger charge is 2.42. The average Bonchev–Trinajstić information content (AvgIpc) is 2.01. The molecule has 0 rings (SSSR count). The molecule has 0 aromatic rings. The summed E-state index contributed by atoms with van der Waals surface area (Å²) in [6, 6.07) is 0. The molecule has 0 aromatic carbocycles. The fraction of sp³-hybridized carbons (Fsp3) is 0.818. The van der Waals surface area contributed by atoms with Gasteiger partial charge in [-0.3, -0.25) is 0 Å². The van der Waals surface area contributed by atoms with E-state index in [4.69, 9.17) is 0 Å². The first-order valence-electron chi connectivity index (χ1n) is 5.15. The van der Waals surface area contributed by atoms with Gasteiger partial charge < -0.3 is 5.11 Å². The molecule has 13 heavy (non-hydrogen) atoms. The molecule has 0 amide bonds. The van der Waals surface area contributed by atoms with Gasteiger partial charge in [-0.2, -0.15) is 0 Å². The highest BCUT2D eigenvalue weighted by molar-refractivity contribution is 6.79. The zero-order chi connectivity index (χ0) is 10.7. The van der Waals surface area contributed by atoms with Crippen LogP contribution in [0.25, 0.3) is 0 Å². The minimum Gasteiger partial charge on any atom is -0.389 e. The smallest absolute Gasteiger partial charge is 0.0873 e. The molecular formula is C11H24OSi. The number of aliphatic hydroxyl groups is 1. The van der Waals surface area contributed by atoms with Crippen molar-refractivity contribution in [2.24, 2.45) is 5.92 Å². The summed E-state index contributed by atoms with van der Waals surface area (Å²) < 4.78 is 0. The Morgan fingerprint density at radius 1 is 1.46 bits per heavy atom. The van der Waals surface area contributed by atoms with Crippen molar-refractivity contribution < 1.29 is 5.11 Å². The van der Waals surface area contributed by atoms with E-state index in [1.165, 1.54) is 0 Å². The van der Waals surface area contributed by atoms with Crippen LogP contribution in [0.2, 0.25) is 19.6 Å². The van der Waals surface area contributed by atoms with Gasteiger partial charge in [-0.05, 0) is 12.3 Å². The molecule has 2 atom stereocenters. The maximum atomic E-state index is 10.5. The van der Waals surface area contributed by atoms with Crippen LogP contribution in [0.4, 0.5) is 0 Å². The van der Waals surface area contributed by atoms with E-state index < -0.39 is 13.3 Å². The van der Waals surface area contributed by atoms with Crippen molar-refractivity contribution in [3.05, 3.63) is 12.7 Å². The van der Waals surface area contributed by atoms with Gasteiger partial charge in [0, 0.05) is 0 Å². The molecule has 0 aliphatic carbocycles. The summed E-state index contributed by atoms with van der Waals surface area (Å²) in [5, 5.41) is 9.89. The first kappa shape index (κ1) is 12.9. The molecule has 0 fully saturated rings. The van der Waals surface area contributed by atoms with E-state index in [9.17, 15) is 5.11 Å². The summed E-state index contributed by atoms with van der Waals surface area (Å²) in [7, 11) is -1.57. The van der Waals surface area contributed by atoms with E-state index in [-0.39, 0.29) is 0 Å². The van der Waals surface area contributed by atoms with Gasteiger partial charge >= 0.3 is 0 Å². The van der Waals surface area contributed by atoms with Crippen LogP contribution in [0.1, 0.15) is 26.7 Å². The van der Waals surface area contributed by atoms with Crippen molar-refractivity contribution in [3.8, 4) is 0 Å². The Morgan fingerprint density at radius 2 is 1.92 bits per heavy atom. The Kier molecular flexibility index (Phi) is 4.40. The predicted octanol–water partition coefficient (Wildman–Crippen LogP) is 3.22. The van der Waals surface area contributed by atoms with Crippen LogP contribution in [-0.2, 0) is 0 Å². The molecule has 2 heteroatoms. The summed E-state index contributed by atoms with van der Waals surface area (Å²) in [6.45, 7) is 14.7. The summed E-state index contributed by atoms with van der Waals surface area (Å²) >= 11 is 0. The van der Waals surface area contributed by atoms with Gasteiger partial charge in [0.05, 0.1) is 13.3 Å². The van der Waals surface area contributed by atoms with Crippen LogP contribution in [0.15, 0.2) is 12.7 Å². The van der Waals surface area contributed by atoms with E-state index in [0.29, 0.717) is 5.92 Å². The van der Waals surface area contributed by atoms with Crippen LogP contribution in [0, 0.1) is 5.92 Å². The first-order chi connectivity index (χ1) is 5.79. The van der Waals surface area contributed by atoms with Crippen LogP contribution in [0.3, 0.4) is 0 Å². The van der Waals surface area contributed by atoms with Crippen molar-refractivity contribution >= 4 is 8.07 Å². The van der Waals surface area contributed by atoms with E-state index >= 15 is 0 Å². The van der Waals surface area contributed by atoms with Crippen LogP contribution < -0.4 is 0 Å². The lowest BCUT2D eigenvalue weighted by Crippen LogP contribution is -2.55. The predicted molar refractivity (Wildman–Crippen MR) is 62.6 cm³/mol. The van der Waals surface area contributed by atoms with E-state index in [2.05, 4.69) is 40.1 Å². The minimum atomic E-state index is -1.57. The monoisotopic (exact) mass is 200 g/mol. The third kappa shape index (κ3) is 2.68. The fourth-order valence-electron chi connectivity index (χ4n) is 1.90. The Morgan fingerprint density at radius 3 is 2.15 bits per heavy atom. The SMILES string of the molecule is C=CC(O)(C(C)CCC)[Si](C)(C)C. The summed E-state index contributed by atoms with van der Waals surface area (Å²) in [4.78, 5) is 0. The third-order valence-electron chi connectivity index (χ3n) is 2.99. The largest absolute Gasteiger partial charge is 0.389 e. The van der Waals surface area contributed by atoms with Crippen LogP contribution >= 0.6 is 0 Å². The van der Waals surface area contributed by atoms with Crippen molar-refractivity contribution in [1.29, 1.82) is 0 Å². The number of rotatable bonds is 5. The zero-order valence-corrected chi connectivity index (χ0v) is 10.7. The van der Waals surface area contributed by atoms with Crippen molar-refractivity contribution in [3.63, 3.8) is 0 Å². The zero-order valence-electron chi connectivity index (χ0n) is 9.72. The molecule has 0 aliphatic heterocycles. The van der Waals surface area contributed by atoms with Crippen LogP contribution in [-0.4, -0.2) is 18.4 Å². The second-order valence-corrected chi connectivity index (χ2v) is 10.3. The number of hydrogen-bond donors (Lipinski definition) is 1. The second kappa shape index (κ2) is 4.42. The lowest BCUT2D eigenvalue weighted by molar-refractivity contribution is 0.101. The van der Waals surface area contributed by atoms with Gasteiger partial charge in [0.25, 0.3) is 0 Å². The molecular weight excluding hydrogens is 176 g/mol. The lowest BCUT2D eigenvalue weighted by atomic mass is 9.98. The lowest BCUT2D eigenvalue weighted by Gasteiger charge is -2.41. The minimum absolute atomic E-state index is 0.335. The van der Waals surface area contributed by atoms with Crippen molar-refractivity contribution in [1.82, 2.24) is 0 Å². The Bertz CT molecular complexity index is 171. The summed E-state index contributed by atoms with van der Waals surface area (Å²) in [5.74, 6) is 0.335. The molecule has 1 N–H and O–H groups in total. The van der Waals surface area contributed by atoms with Crippen molar-refractivity contribution in [2.45, 2.75) is 51.6 Å². The second-order valence-electron chi connectivity index (χ2n) is 4.97. The van der Waals surface area contributed by atoms with Gasteiger partial charge in [-0.1, -0.05) is 46.0 Å². The molecule has 0 radical (unpaired) electrons. The normalized spacial score (nSPS) is 19.2. The first-order valence-corrected chi connectivity index (χ1v) is 8.65. The fourth-order valence-corrected chi connectivity index (χ4v) is 4.13. The average molecular weight is 200 g/mol. The summed E-state index contributed by atoms with van der Waals surface area (Å²) in [5.41, 5.74) is 0. The van der Waals surface area contributed by atoms with E-state index in [1.807, 2.05) is 0 Å². The molecule has 2 unspecified atom stereocenters. The third-order valence-corrected chi connectivity index (χ3v) is 6.09. The highest BCUT2D eigenvalue weighted by atomic mass is 28.3. The van der Waals surface area contributed by atoms with Gasteiger partial charge in [0.2, 0.25) is 0 Å². The van der Waals surface area contributed by atoms with Gasteiger partial charge in [-0.25, -0.2) is 0 Å². The van der Waals surface area contributed by atoms with E-state index in [1.54, 1.807) is 6.08 Å². The highest BCUT2D eigenvalue weighted by Crippen LogP contribution is 2.32. The topological polar surface area (TPSA) is 20.2 Å². The Labute approximate surface area is 83.9 Å². The van der Waals surface area contributed by atoms with Crippen LogP contribution in [0.5, 0.6) is 0 Å². The summed E-state index contributed by atoms with van der Waals surface area (Å²) in [6.07, 6.45) is 3.97. The molecule has 0 bridgehead atoms. The van der Waals surface area contributed by atoms with E-state index in [0.717, 1.165) is 12.8 Å². The molecule has 0 saturated heterocycles. The van der Waals surface area contributed by atoms with Crippen molar-refractivity contribution in [2.75, 3.05) is 0 Å². The molecule has 0 saturated carbocycles. The molecule has 0 spiro atoms. The molecule has 0 aromatic heterocycles. The molecule has 0 heterocycles. The number of hydrogen-bond acceptors (Lipinski definition) is 1. The Balaban J connectivity index is 4.72.